The Kier molecular flexibility index (Phi) is 4.45. The van der Waals surface area contributed by atoms with Crippen LogP contribution < -0.4 is 10.1 Å². The van der Waals surface area contributed by atoms with E-state index in [9.17, 15) is 9.50 Å². The molecule has 0 spiro atoms. The summed E-state index contributed by atoms with van der Waals surface area (Å²) >= 11 is 1.53. The quantitative estimate of drug-likeness (QED) is 0.731. The molecule has 2 aromatic heterocycles. The number of hydrogen-bond donors (Lipinski definition) is 2. The number of nitrogens with one attached hydrogen (secondary N) is 1. The smallest absolute Gasteiger partial charge is 0.138 e. The highest BCUT2D eigenvalue weighted by Crippen LogP contribution is 2.23. The molecule has 0 saturated heterocycles. The minimum Gasteiger partial charge on any atom is -0.491 e. The molecule has 22 heavy (non-hydrogen) atoms. The number of aromatic nitrogens is 2. The van der Waals surface area contributed by atoms with Crippen LogP contribution in [0.1, 0.15) is 0 Å². The number of halogens is 1. The van der Waals surface area contributed by atoms with Crippen molar-refractivity contribution >= 4 is 27.4 Å². The SMILES string of the molecule is O[C@@H](CNc1ncnc2sccc12)COc1cccc(F)c1. The van der Waals surface area contributed by atoms with Crippen LogP contribution in [0.5, 0.6) is 5.75 Å². The third kappa shape index (κ3) is 3.49. The van der Waals surface area contributed by atoms with Crippen molar-refractivity contribution in [1.82, 2.24) is 9.97 Å². The van der Waals surface area contributed by atoms with Gasteiger partial charge in [0, 0.05) is 12.6 Å². The molecule has 0 saturated carbocycles. The average molecular weight is 319 g/mol. The lowest BCUT2D eigenvalue weighted by Gasteiger charge is -2.14. The van der Waals surface area contributed by atoms with Gasteiger partial charge in [-0.1, -0.05) is 6.07 Å². The van der Waals surface area contributed by atoms with Crippen LogP contribution in [-0.4, -0.2) is 34.3 Å². The standard InChI is InChI=1S/C15H14FN3O2S/c16-10-2-1-3-12(6-10)21-8-11(20)7-17-14-13-4-5-22-15(13)19-9-18-14/h1-6,9,11,20H,7-8H2,(H,17,18,19)/t11-/m0/s1. The number of thiophene rings is 1. The van der Waals surface area contributed by atoms with Gasteiger partial charge < -0.3 is 15.2 Å². The molecule has 5 nitrogen and oxygen atoms in total. The summed E-state index contributed by atoms with van der Waals surface area (Å²) in [6.45, 7) is 0.339. The summed E-state index contributed by atoms with van der Waals surface area (Å²) in [4.78, 5) is 9.21. The Hall–Kier alpha value is -2.25. The van der Waals surface area contributed by atoms with Crippen molar-refractivity contribution in [3.05, 3.63) is 47.9 Å². The summed E-state index contributed by atoms with van der Waals surface area (Å²) in [7, 11) is 0. The number of fused-ring (bicyclic) bond motifs is 1. The van der Waals surface area contributed by atoms with Crippen molar-refractivity contribution < 1.29 is 14.2 Å². The highest BCUT2D eigenvalue weighted by atomic mass is 32.1. The van der Waals surface area contributed by atoms with E-state index in [0.29, 0.717) is 11.6 Å². The Labute approximate surface area is 130 Å². The van der Waals surface area contributed by atoms with E-state index in [1.54, 1.807) is 12.1 Å². The molecule has 3 rings (SSSR count). The van der Waals surface area contributed by atoms with E-state index in [1.165, 1.54) is 29.8 Å². The predicted octanol–water partition coefficient (Wildman–Crippen LogP) is 2.68. The van der Waals surface area contributed by atoms with Gasteiger partial charge in [-0.15, -0.1) is 11.3 Å². The molecule has 2 heterocycles. The van der Waals surface area contributed by atoms with Crippen LogP contribution >= 0.6 is 11.3 Å². The molecule has 2 N–H and O–H groups in total. The molecule has 114 valence electrons. The normalized spacial score (nSPS) is 12.3. The maximum absolute atomic E-state index is 13.0. The first kappa shape index (κ1) is 14.7. The first-order chi connectivity index (χ1) is 10.7. The Morgan fingerprint density at radius 1 is 1.32 bits per heavy atom. The fourth-order valence-corrected chi connectivity index (χ4v) is 2.69. The zero-order chi connectivity index (χ0) is 15.4. The van der Waals surface area contributed by atoms with Gasteiger partial charge in [-0.3, -0.25) is 0 Å². The molecule has 0 fully saturated rings. The second-order valence-corrected chi connectivity index (χ2v) is 5.56. The van der Waals surface area contributed by atoms with Gasteiger partial charge in [-0.2, -0.15) is 0 Å². The molecule has 0 radical (unpaired) electrons. The Bertz CT molecular complexity index is 765. The molecule has 0 aliphatic carbocycles. The van der Waals surface area contributed by atoms with Crippen LogP contribution in [0.4, 0.5) is 10.2 Å². The van der Waals surface area contributed by atoms with Crippen molar-refractivity contribution in [2.75, 3.05) is 18.5 Å². The number of anilines is 1. The van der Waals surface area contributed by atoms with Crippen LogP contribution in [0, 0.1) is 5.82 Å². The molecule has 0 aliphatic rings. The van der Waals surface area contributed by atoms with Crippen molar-refractivity contribution in [3.63, 3.8) is 0 Å². The zero-order valence-corrected chi connectivity index (χ0v) is 12.4. The second kappa shape index (κ2) is 6.67. The van der Waals surface area contributed by atoms with Gasteiger partial charge in [0.05, 0.1) is 5.39 Å². The second-order valence-electron chi connectivity index (χ2n) is 4.66. The number of nitrogens with zero attached hydrogens (tertiary/aromatic N) is 2. The molecule has 0 amide bonds. The van der Waals surface area contributed by atoms with Gasteiger partial charge in [-0.25, -0.2) is 14.4 Å². The largest absolute Gasteiger partial charge is 0.491 e. The van der Waals surface area contributed by atoms with Crippen molar-refractivity contribution in [2.24, 2.45) is 0 Å². The average Bonchev–Trinajstić information content (AvgIpc) is 3.00. The van der Waals surface area contributed by atoms with Crippen LogP contribution in [-0.2, 0) is 0 Å². The molecule has 0 unspecified atom stereocenters. The molecular formula is C15H14FN3O2S. The topological polar surface area (TPSA) is 67.3 Å². The summed E-state index contributed by atoms with van der Waals surface area (Å²) in [5, 5.41) is 15.9. The molecule has 1 aromatic carbocycles. The van der Waals surface area contributed by atoms with Crippen molar-refractivity contribution in [1.29, 1.82) is 0 Å². The number of aliphatic hydroxyl groups is 1. The highest BCUT2D eigenvalue weighted by Gasteiger charge is 2.09. The predicted molar refractivity (Wildman–Crippen MR) is 83.8 cm³/mol. The van der Waals surface area contributed by atoms with E-state index in [0.717, 1.165) is 10.2 Å². The molecular weight excluding hydrogens is 305 g/mol. The van der Waals surface area contributed by atoms with Crippen molar-refractivity contribution in [2.45, 2.75) is 6.10 Å². The Morgan fingerprint density at radius 3 is 3.09 bits per heavy atom. The minimum absolute atomic E-state index is 0.0638. The van der Waals surface area contributed by atoms with Gasteiger partial charge in [0.2, 0.25) is 0 Å². The molecule has 7 heteroatoms. The monoisotopic (exact) mass is 319 g/mol. The fourth-order valence-electron chi connectivity index (χ4n) is 1.95. The molecule has 0 aliphatic heterocycles. The number of benzene rings is 1. The lowest BCUT2D eigenvalue weighted by atomic mass is 10.3. The minimum atomic E-state index is -0.744. The summed E-state index contributed by atoms with van der Waals surface area (Å²) in [5.74, 6) is 0.698. The summed E-state index contributed by atoms with van der Waals surface area (Å²) in [6, 6.07) is 7.75. The zero-order valence-electron chi connectivity index (χ0n) is 11.6. The lowest BCUT2D eigenvalue weighted by molar-refractivity contribution is 0.117. The summed E-state index contributed by atoms with van der Waals surface area (Å²) in [6.07, 6.45) is 0.739. The van der Waals surface area contributed by atoms with Crippen molar-refractivity contribution in [3.8, 4) is 5.75 Å². The first-order valence-corrected chi connectivity index (χ1v) is 7.59. The summed E-state index contributed by atoms with van der Waals surface area (Å²) < 4.78 is 18.4. The van der Waals surface area contributed by atoms with Crippen LogP contribution in [0.3, 0.4) is 0 Å². The van der Waals surface area contributed by atoms with Crippen LogP contribution in [0.15, 0.2) is 42.0 Å². The number of aliphatic hydroxyl groups excluding tert-OH is 1. The number of ether oxygens (including phenoxy) is 1. The van der Waals surface area contributed by atoms with Crippen LogP contribution in [0.2, 0.25) is 0 Å². The molecule has 3 aromatic rings. The third-order valence-electron chi connectivity index (χ3n) is 3.01. The molecule has 0 bridgehead atoms. The Balaban J connectivity index is 1.54. The highest BCUT2D eigenvalue weighted by molar-refractivity contribution is 7.16. The first-order valence-electron chi connectivity index (χ1n) is 6.71. The maximum atomic E-state index is 13.0. The lowest BCUT2D eigenvalue weighted by Crippen LogP contribution is -2.26. The van der Waals surface area contributed by atoms with Gasteiger partial charge in [0.25, 0.3) is 0 Å². The van der Waals surface area contributed by atoms with E-state index in [-0.39, 0.29) is 19.0 Å². The van der Waals surface area contributed by atoms with Gasteiger partial charge in [0.1, 0.15) is 41.3 Å². The van der Waals surface area contributed by atoms with Gasteiger partial charge in [-0.05, 0) is 23.6 Å². The van der Waals surface area contributed by atoms with E-state index < -0.39 is 6.10 Å². The van der Waals surface area contributed by atoms with Gasteiger partial charge in [0.15, 0.2) is 0 Å². The third-order valence-corrected chi connectivity index (χ3v) is 3.83. The number of rotatable bonds is 6. The van der Waals surface area contributed by atoms with Crippen LogP contribution in [0.25, 0.3) is 10.2 Å². The van der Waals surface area contributed by atoms with E-state index in [2.05, 4.69) is 15.3 Å². The number of hydrogen-bond acceptors (Lipinski definition) is 6. The van der Waals surface area contributed by atoms with E-state index in [4.69, 9.17) is 4.74 Å². The Morgan fingerprint density at radius 2 is 2.23 bits per heavy atom. The maximum Gasteiger partial charge on any atom is 0.138 e. The fraction of sp³-hybridized carbons (Fsp3) is 0.200. The molecule has 1 atom stereocenters. The van der Waals surface area contributed by atoms with Gasteiger partial charge >= 0.3 is 0 Å². The summed E-state index contributed by atoms with van der Waals surface area (Å²) in [5.41, 5.74) is 0. The van der Waals surface area contributed by atoms with E-state index >= 15 is 0 Å². The van der Waals surface area contributed by atoms with E-state index in [1.807, 2.05) is 11.4 Å².